The normalized spacial score (nSPS) is 13.7. The SMILES string of the molecule is Cc1nn(-c2ccccc2)c(N2CCCC2)c1/C=N/NC(=O)COc1ccc(F)cc1. The van der Waals surface area contributed by atoms with Gasteiger partial charge in [-0.25, -0.2) is 14.5 Å². The van der Waals surface area contributed by atoms with Gasteiger partial charge in [-0.3, -0.25) is 4.79 Å². The number of hydrazone groups is 1. The number of benzene rings is 2. The molecule has 7 nitrogen and oxygen atoms in total. The minimum atomic E-state index is -0.406. The quantitative estimate of drug-likeness (QED) is 0.469. The van der Waals surface area contributed by atoms with Crippen molar-refractivity contribution in [2.75, 3.05) is 24.6 Å². The molecular formula is C23H24FN5O2. The molecule has 31 heavy (non-hydrogen) atoms. The Hall–Kier alpha value is -3.68. The molecule has 1 saturated heterocycles. The largest absolute Gasteiger partial charge is 0.484 e. The number of hydrogen-bond donors (Lipinski definition) is 1. The molecule has 0 unspecified atom stereocenters. The van der Waals surface area contributed by atoms with Crippen LogP contribution in [0.25, 0.3) is 5.69 Å². The molecular weight excluding hydrogens is 397 g/mol. The Bertz CT molecular complexity index is 1060. The van der Waals surface area contributed by atoms with E-state index in [1.165, 1.54) is 24.3 Å². The minimum absolute atomic E-state index is 0.218. The van der Waals surface area contributed by atoms with Crippen LogP contribution in [0.4, 0.5) is 10.2 Å². The highest BCUT2D eigenvalue weighted by atomic mass is 19.1. The van der Waals surface area contributed by atoms with Crippen LogP contribution in [0.1, 0.15) is 24.1 Å². The summed E-state index contributed by atoms with van der Waals surface area (Å²) in [5, 5.41) is 8.85. The Balaban J connectivity index is 1.48. The lowest BCUT2D eigenvalue weighted by Gasteiger charge is -2.20. The number of carbonyl (C=O) groups is 1. The molecule has 4 rings (SSSR count). The lowest BCUT2D eigenvalue weighted by atomic mass is 10.2. The van der Waals surface area contributed by atoms with Crippen LogP contribution in [0.3, 0.4) is 0 Å². The Kier molecular flexibility index (Phi) is 6.26. The van der Waals surface area contributed by atoms with Crippen molar-refractivity contribution < 1.29 is 13.9 Å². The molecule has 2 aromatic carbocycles. The number of halogens is 1. The molecule has 0 radical (unpaired) electrons. The number of aryl methyl sites for hydroxylation is 1. The predicted octanol–water partition coefficient (Wildman–Crippen LogP) is 3.45. The zero-order valence-electron chi connectivity index (χ0n) is 17.3. The Morgan fingerprint density at radius 3 is 2.58 bits per heavy atom. The van der Waals surface area contributed by atoms with E-state index >= 15 is 0 Å². The van der Waals surface area contributed by atoms with Crippen LogP contribution in [0, 0.1) is 12.7 Å². The average Bonchev–Trinajstić information content (AvgIpc) is 3.42. The molecule has 1 aromatic heterocycles. The second-order valence-corrected chi connectivity index (χ2v) is 7.30. The van der Waals surface area contributed by atoms with Gasteiger partial charge in [-0.2, -0.15) is 10.2 Å². The molecule has 0 aliphatic carbocycles. The van der Waals surface area contributed by atoms with E-state index in [4.69, 9.17) is 9.84 Å². The number of nitrogens with one attached hydrogen (secondary N) is 1. The number of ether oxygens (including phenoxy) is 1. The molecule has 0 bridgehead atoms. The van der Waals surface area contributed by atoms with E-state index in [0.717, 1.165) is 48.7 Å². The molecule has 1 amide bonds. The van der Waals surface area contributed by atoms with Crippen molar-refractivity contribution in [3.8, 4) is 11.4 Å². The monoisotopic (exact) mass is 421 g/mol. The first-order valence-corrected chi connectivity index (χ1v) is 10.2. The summed E-state index contributed by atoms with van der Waals surface area (Å²) in [5.41, 5.74) is 5.15. The predicted molar refractivity (Wildman–Crippen MR) is 117 cm³/mol. The van der Waals surface area contributed by atoms with Crippen LogP contribution in [0.5, 0.6) is 5.75 Å². The third-order valence-corrected chi connectivity index (χ3v) is 5.05. The van der Waals surface area contributed by atoms with Crippen LogP contribution in [-0.4, -0.2) is 41.6 Å². The molecule has 3 aromatic rings. The molecule has 2 heterocycles. The van der Waals surface area contributed by atoms with Crippen LogP contribution in [0.2, 0.25) is 0 Å². The van der Waals surface area contributed by atoms with Gasteiger partial charge in [-0.15, -0.1) is 0 Å². The van der Waals surface area contributed by atoms with E-state index in [1.807, 2.05) is 41.9 Å². The number of hydrogen-bond acceptors (Lipinski definition) is 5. The van der Waals surface area contributed by atoms with Crippen LogP contribution < -0.4 is 15.1 Å². The summed E-state index contributed by atoms with van der Waals surface area (Å²) < 4.78 is 20.2. The molecule has 1 fully saturated rings. The summed E-state index contributed by atoms with van der Waals surface area (Å²) in [6, 6.07) is 15.5. The second-order valence-electron chi connectivity index (χ2n) is 7.30. The van der Waals surface area contributed by atoms with Crippen molar-refractivity contribution in [1.82, 2.24) is 15.2 Å². The number of anilines is 1. The fourth-order valence-electron chi connectivity index (χ4n) is 3.54. The molecule has 1 N–H and O–H groups in total. The maximum atomic E-state index is 12.9. The Morgan fingerprint density at radius 1 is 1.16 bits per heavy atom. The first kappa shape index (κ1) is 20.6. The van der Waals surface area contributed by atoms with Gasteiger partial charge < -0.3 is 9.64 Å². The minimum Gasteiger partial charge on any atom is -0.484 e. The Morgan fingerprint density at radius 2 is 1.87 bits per heavy atom. The number of rotatable bonds is 7. The summed E-state index contributed by atoms with van der Waals surface area (Å²) in [5.74, 6) is 0.622. The lowest BCUT2D eigenvalue weighted by molar-refractivity contribution is -0.123. The number of aromatic nitrogens is 2. The highest BCUT2D eigenvalue weighted by Gasteiger charge is 2.23. The summed E-state index contributed by atoms with van der Waals surface area (Å²) >= 11 is 0. The maximum absolute atomic E-state index is 12.9. The van der Waals surface area contributed by atoms with Gasteiger partial charge in [0.05, 0.1) is 23.2 Å². The lowest BCUT2D eigenvalue weighted by Crippen LogP contribution is -2.25. The fourth-order valence-corrected chi connectivity index (χ4v) is 3.54. The van der Waals surface area contributed by atoms with Crippen molar-refractivity contribution in [1.29, 1.82) is 0 Å². The zero-order chi connectivity index (χ0) is 21.6. The van der Waals surface area contributed by atoms with Crippen LogP contribution in [0.15, 0.2) is 59.7 Å². The fraction of sp³-hybridized carbons (Fsp3) is 0.261. The van der Waals surface area contributed by atoms with E-state index in [2.05, 4.69) is 15.4 Å². The smallest absolute Gasteiger partial charge is 0.277 e. The molecule has 0 saturated carbocycles. The molecule has 0 atom stereocenters. The van der Waals surface area contributed by atoms with Gasteiger partial charge in [-0.1, -0.05) is 18.2 Å². The van der Waals surface area contributed by atoms with Gasteiger partial charge in [0.2, 0.25) is 0 Å². The summed E-state index contributed by atoms with van der Waals surface area (Å²) in [6.07, 6.45) is 3.89. The molecule has 8 heteroatoms. The van der Waals surface area contributed by atoms with Crippen LogP contribution in [-0.2, 0) is 4.79 Å². The summed E-state index contributed by atoms with van der Waals surface area (Å²) in [4.78, 5) is 14.4. The summed E-state index contributed by atoms with van der Waals surface area (Å²) in [7, 11) is 0. The van der Waals surface area contributed by atoms with Crippen molar-refractivity contribution in [2.24, 2.45) is 5.10 Å². The first-order chi connectivity index (χ1) is 15.1. The number of carbonyl (C=O) groups excluding carboxylic acids is 1. The van der Waals surface area contributed by atoms with Gasteiger partial charge in [0.1, 0.15) is 17.4 Å². The van der Waals surface area contributed by atoms with E-state index in [1.54, 1.807) is 6.21 Å². The van der Waals surface area contributed by atoms with E-state index in [9.17, 15) is 9.18 Å². The van der Waals surface area contributed by atoms with Crippen molar-refractivity contribution in [3.05, 3.63) is 71.7 Å². The standard InChI is InChI=1S/C23H24FN5O2/c1-17-21(15-25-26-22(30)16-31-20-11-9-18(24)10-12-20)23(28-13-5-6-14-28)29(27-17)19-7-3-2-4-8-19/h2-4,7-12,15H,5-6,13-14,16H2,1H3,(H,26,30)/b25-15+. The molecule has 0 spiro atoms. The molecule has 1 aliphatic heterocycles. The average molecular weight is 421 g/mol. The van der Waals surface area contributed by atoms with E-state index in [-0.39, 0.29) is 12.4 Å². The number of amides is 1. The van der Waals surface area contributed by atoms with E-state index < -0.39 is 5.91 Å². The van der Waals surface area contributed by atoms with Gasteiger partial charge in [0.15, 0.2) is 6.61 Å². The topological polar surface area (TPSA) is 71.8 Å². The van der Waals surface area contributed by atoms with Gasteiger partial charge in [0, 0.05) is 13.1 Å². The van der Waals surface area contributed by atoms with Gasteiger partial charge in [-0.05, 0) is 56.2 Å². The van der Waals surface area contributed by atoms with Gasteiger partial charge >= 0.3 is 0 Å². The Labute approximate surface area is 180 Å². The number of nitrogens with zero attached hydrogens (tertiary/aromatic N) is 4. The summed E-state index contributed by atoms with van der Waals surface area (Å²) in [6.45, 7) is 3.62. The third-order valence-electron chi connectivity index (χ3n) is 5.05. The first-order valence-electron chi connectivity index (χ1n) is 10.2. The highest BCUT2D eigenvalue weighted by molar-refractivity contribution is 5.90. The van der Waals surface area contributed by atoms with E-state index in [0.29, 0.717) is 5.75 Å². The maximum Gasteiger partial charge on any atom is 0.277 e. The van der Waals surface area contributed by atoms with Crippen molar-refractivity contribution in [2.45, 2.75) is 19.8 Å². The molecule has 1 aliphatic rings. The van der Waals surface area contributed by atoms with Crippen molar-refractivity contribution >= 4 is 17.9 Å². The zero-order valence-corrected chi connectivity index (χ0v) is 17.3. The van der Waals surface area contributed by atoms with Crippen molar-refractivity contribution in [3.63, 3.8) is 0 Å². The number of para-hydroxylation sites is 1. The van der Waals surface area contributed by atoms with Crippen LogP contribution >= 0.6 is 0 Å². The third kappa shape index (κ3) is 4.91. The van der Waals surface area contributed by atoms with Gasteiger partial charge in [0.25, 0.3) is 5.91 Å². The second kappa shape index (κ2) is 9.42. The highest BCUT2D eigenvalue weighted by Crippen LogP contribution is 2.28. The molecule has 160 valence electrons.